The molecule has 2 unspecified atom stereocenters. The average Bonchev–Trinajstić information content (AvgIpc) is 2.34. The minimum Gasteiger partial charge on any atom is -0.481 e. The predicted molar refractivity (Wildman–Crippen MR) is 79.5 cm³/mol. The highest BCUT2D eigenvalue weighted by Gasteiger charge is 2.26. The zero-order chi connectivity index (χ0) is 15.2. The molecule has 110 valence electrons. The van der Waals surface area contributed by atoms with Gasteiger partial charge in [-0.15, -0.1) is 0 Å². The summed E-state index contributed by atoms with van der Waals surface area (Å²) in [5.74, 6) is -3.07. The van der Waals surface area contributed by atoms with Crippen molar-refractivity contribution >= 4 is 30.0 Å². The Balaban J connectivity index is 2.68. The summed E-state index contributed by atoms with van der Waals surface area (Å²) in [5.41, 5.74) is 0.862. The van der Waals surface area contributed by atoms with E-state index >= 15 is 0 Å². The van der Waals surface area contributed by atoms with Crippen LogP contribution in [0, 0.1) is 5.92 Å². The van der Waals surface area contributed by atoms with Crippen LogP contribution >= 0.6 is 6.26 Å². The highest BCUT2D eigenvalue weighted by Crippen LogP contribution is 2.47. The predicted octanol–water partition coefficient (Wildman–Crippen LogP) is 2.14. The Labute approximate surface area is 122 Å². The van der Waals surface area contributed by atoms with E-state index in [0.29, 0.717) is 0 Å². The molecular weight excluding hydrogens is 299 g/mol. The Morgan fingerprint density at radius 3 is 2.30 bits per heavy atom. The van der Waals surface area contributed by atoms with Crippen LogP contribution in [-0.2, 0) is 27.6 Å². The molecule has 0 aromatic heterocycles. The van der Waals surface area contributed by atoms with Crippen molar-refractivity contribution in [3.8, 4) is 0 Å². The summed E-state index contributed by atoms with van der Waals surface area (Å²) in [5, 5.41) is 17.7. The Morgan fingerprint density at radius 2 is 1.80 bits per heavy atom. The molecular formula is C13H17O5PS. The zero-order valence-electron chi connectivity index (χ0n) is 10.8. The molecule has 2 atom stereocenters. The quantitative estimate of drug-likeness (QED) is 0.636. The molecule has 20 heavy (non-hydrogen) atoms. The highest BCUT2D eigenvalue weighted by molar-refractivity contribution is 8.11. The van der Waals surface area contributed by atoms with Crippen LogP contribution in [-0.4, -0.2) is 33.2 Å². The number of carboxylic acids is 2. The Kier molecular flexibility index (Phi) is 6.33. The van der Waals surface area contributed by atoms with Gasteiger partial charge in [0.25, 0.3) is 0 Å². The minimum atomic E-state index is -2.82. The van der Waals surface area contributed by atoms with E-state index < -0.39 is 24.1 Å². The van der Waals surface area contributed by atoms with Crippen LogP contribution < -0.4 is 0 Å². The average molecular weight is 316 g/mol. The maximum Gasteiger partial charge on any atom is 0.306 e. The number of aliphatic carboxylic acids is 2. The summed E-state index contributed by atoms with van der Waals surface area (Å²) in [6.45, 7) is 0. The lowest BCUT2D eigenvalue weighted by molar-refractivity contribution is -0.142. The third kappa shape index (κ3) is 6.28. The molecule has 0 heterocycles. The van der Waals surface area contributed by atoms with Crippen molar-refractivity contribution in [2.75, 3.05) is 6.16 Å². The number of carbonyl (C=O) groups is 2. The number of rotatable bonds is 8. The standard InChI is InChI=1S/C13H17O5PS/c14-12(15)7-6-11(13(16)17)9-19(18,20)8-10-4-2-1-3-5-10/h1-5,11H,6-9H2,(H,14,15)(H,16,17)(H,18,20). The molecule has 0 aliphatic rings. The van der Waals surface area contributed by atoms with Crippen LogP contribution in [0.25, 0.3) is 0 Å². The van der Waals surface area contributed by atoms with E-state index in [2.05, 4.69) is 0 Å². The molecule has 1 aromatic carbocycles. The fourth-order valence-electron chi connectivity index (χ4n) is 1.87. The van der Waals surface area contributed by atoms with E-state index in [9.17, 15) is 14.5 Å². The number of hydrogen-bond donors (Lipinski definition) is 3. The van der Waals surface area contributed by atoms with Gasteiger partial charge in [-0.25, -0.2) is 0 Å². The monoisotopic (exact) mass is 316 g/mol. The zero-order valence-corrected chi connectivity index (χ0v) is 12.5. The van der Waals surface area contributed by atoms with Crippen LogP contribution in [0.4, 0.5) is 0 Å². The van der Waals surface area contributed by atoms with Crippen molar-refractivity contribution in [3.05, 3.63) is 35.9 Å². The maximum atomic E-state index is 11.1. The second-order valence-electron chi connectivity index (χ2n) is 4.64. The van der Waals surface area contributed by atoms with Crippen LogP contribution in [0.3, 0.4) is 0 Å². The molecule has 1 aromatic rings. The van der Waals surface area contributed by atoms with Gasteiger partial charge in [0.2, 0.25) is 0 Å². The fourth-order valence-corrected chi connectivity index (χ4v) is 4.79. The Bertz CT molecular complexity index is 517. The van der Waals surface area contributed by atoms with Gasteiger partial charge < -0.3 is 15.1 Å². The van der Waals surface area contributed by atoms with E-state index in [1.807, 2.05) is 30.3 Å². The molecule has 0 fully saturated rings. The summed E-state index contributed by atoms with van der Waals surface area (Å²) in [6.07, 6.45) is -2.86. The lowest BCUT2D eigenvalue weighted by Gasteiger charge is -2.20. The van der Waals surface area contributed by atoms with E-state index in [-0.39, 0.29) is 25.2 Å². The van der Waals surface area contributed by atoms with Gasteiger partial charge in [-0.1, -0.05) is 42.1 Å². The first-order chi connectivity index (χ1) is 9.30. The summed E-state index contributed by atoms with van der Waals surface area (Å²) in [4.78, 5) is 31.9. The van der Waals surface area contributed by atoms with Gasteiger partial charge in [0.15, 0.2) is 0 Å². The SMILES string of the molecule is O=C(O)CCC(CP(O)(=S)Cc1ccccc1)C(=O)O. The van der Waals surface area contributed by atoms with Crippen molar-refractivity contribution in [1.82, 2.24) is 0 Å². The van der Waals surface area contributed by atoms with Gasteiger partial charge in [-0.05, 0) is 12.0 Å². The molecule has 0 saturated heterocycles. The number of hydrogen-bond acceptors (Lipinski definition) is 3. The topological polar surface area (TPSA) is 94.8 Å². The second kappa shape index (κ2) is 7.53. The smallest absolute Gasteiger partial charge is 0.306 e. The first-order valence-electron chi connectivity index (χ1n) is 6.09. The largest absolute Gasteiger partial charge is 0.481 e. The molecule has 0 aliphatic heterocycles. The number of carboxylic acid groups (broad SMARTS) is 2. The lowest BCUT2D eigenvalue weighted by Crippen LogP contribution is -2.19. The van der Waals surface area contributed by atoms with Crippen LogP contribution in [0.15, 0.2) is 30.3 Å². The van der Waals surface area contributed by atoms with E-state index in [0.717, 1.165) is 5.56 Å². The molecule has 5 nitrogen and oxygen atoms in total. The van der Waals surface area contributed by atoms with Gasteiger partial charge in [0.05, 0.1) is 12.2 Å². The normalized spacial score (nSPS) is 15.2. The Morgan fingerprint density at radius 1 is 1.20 bits per heavy atom. The lowest BCUT2D eigenvalue weighted by atomic mass is 10.1. The summed E-state index contributed by atoms with van der Waals surface area (Å²) >= 11 is 5.16. The van der Waals surface area contributed by atoms with Crippen LogP contribution in [0.1, 0.15) is 18.4 Å². The van der Waals surface area contributed by atoms with Gasteiger partial charge in [-0.2, -0.15) is 0 Å². The Hall–Kier alpha value is -1.23. The van der Waals surface area contributed by atoms with E-state index in [1.165, 1.54) is 0 Å². The molecule has 0 amide bonds. The molecule has 3 N–H and O–H groups in total. The van der Waals surface area contributed by atoms with Crippen molar-refractivity contribution in [2.24, 2.45) is 5.92 Å². The summed E-state index contributed by atoms with van der Waals surface area (Å²) < 4.78 is 0. The van der Waals surface area contributed by atoms with Gasteiger partial charge >= 0.3 is 11.9 Å². The molecule has 0 spiro atoms. The van der Waals surface area contributed by atoms with Crippen molar-refractivity contribution in [2.45, 2.75) is 19.0 Å². The van der Waals surface area contributed by atoms with Gasteiger partial charge in [0, 0.05) is 18.7 Å². The second-order valence-corrected chi connectivity index (χ2v) is 9.05. The van der Waals surface area contributed by atoms with Crippen molar-refractivity contribution in [3.63, 3.8) is 0 Å². The molecule has 7 heteroatoms. The van der Waals surface area contributed by atoms with Gasteiger partial charge in [0.1, 0.15) is 0 Å². The maximum absolute atomic E-state index is 11.1. The van der Waals surface area contributed by atoms with Gasteiger partial charge in [-0.3, -0.25) is 9.59 Å². The first-order valence-corrected chi connectivity index (χ1v) is 9.22. The number of benzene rings is 1. The molecule has 0 aliphatic carbocycles. The summed E-state index contributed by atoms with van der Waals surface area (Å²) in [7, 11) is 0. The van der Waals surface area contributed by atoms with Crippen LogP contribution in [0.5, 0.6) is 0 Å². The third-order valence-electron chi connectivity index (χ3n) is 2.83. The van der Waals surface area contributed by atoms with Crippen molar-refractivity contribution < 1.29 is 24.7 Å². The van der Waals surface area contributed by atoms with Crippen molar-refractivity contribution in [1.29, 1.82) is 0 Å². The van der Waals surface area contributed by atoms with E-state index in [4.69, 9.17) is 22.0 Å². The molecule has 0 radical (unpaired) electrons. The fraction of sp³-hybridized carbons (Fsp3) is 0.385. The third-order valence-corrected chi connectivity index (χ3v) is 5.54. The molecule has 0 saturated carbocycles. The molecule has 0 bridgehead atoms. The van der Waals surface area contributed by atoms with E-state index in [1.54, 1.807) is 0 Å². The summed E-state index contributed by atoms with van der Waals surface area (Å²) in [6, 6.07) is 9.14. The first kappa shape index (κ1) is 16.8. The van der Waals surface area contributed by atoms with Crippen LogP contribution in [0.2, 0.25) is 0 Å². The minimum absolute atomic E-state index is 0.0155. The molecule has 1 rings (SSSR count). The highest BCUT2D eigenvalue weighted by atomic mass is 32.4.